The summed E-state index contributed by atoms with van der Waals surface area (Å²) in [6.45, 7) is 3.55. The lowest BCUT2D eigenvalue weighted by Crippen LogP contribution is -2.53. The fourth-order valence-corrected chi connectivity index (χ4v) is 4.88. The van der Waals surface area contributed by atoms with Crippen LogP contribution in [0, 0.1) is 5.92 Å². The van der Waals surface area contributed by atoms with Crippen LogP contribution < -0.4 is 0 Å². The van der Waals surface area contributed by atoms with Crippen LogP contribution in [-0.4, -0.2) is 94.1 Å². The molecule has 16 heteroatoms. The molecule has 2 saturated heterocycles. The second-order valence-corrected chi connectivity index (χ2v) is 9.37. The smallest absolute Gasteiger partial charge is 0.475 e. The number of hydrogen-bond acceptors (Lipinski definition) is 7. The summed E-state index contributed by atoms with van der Waals surface area (Å²) in [6.07, 6.45) is -5.34. The number of piperidine rings is 1. The zero-order valence-electron chi connectivity index (χ0n) is 20.4. The van der Waals surface area contributed by atoms with E-state index >= 15 is 0 Å². The van der Waals surface area contributed by atoms with Crippen molar-refractivity contribution in [3.63, 3.8) is 0 Å². The zero-order chi connectivity index (χ0) is 29.4. The highest BCUT2D eigenvalue weighted by Crippen LogP contribution is 2.34. The van der Waals surface area contributed by atoms with Gasteiger partial charge in [-0.05, 0) is 35.6 Å². The van der Waals surface area contributed by atoms with Crippen molar-refractivity contribution in [1.82, 2.24) is 14.8 Å². The van der Waals surface area contributed by atoms with E-state index in [1.54, 1.807) is 7.11 Å². The van der Waals surface area contributed by atoms with Crippen LogP contribution in [0.5, 0.6) is 0 Å². The van der Waals surface area contributed by atoms with Gasteiger partial charge in [-0.3, -0.25) is 14.7 Å². The Bertz CT molecular complexity index is 1060. The summed E-state index contributed by atoms with van der Waals surface area (Å²) in [5.74, 6) is -4.96. The van der Waals surface area contributed by atoms with Gasteiger partial charge in [0.2, 0.25) is 0 Å². The Morgan fingerprint density at radius 2 is 1.59 bits per heavy atom. The Labute approximate surface area is 222 Å². The summed E-state index contributed by atoms with van der Waals surface area (Å²) >= 11 is 1.53. The summed E-state index contributed by atoms with van der Waals surface area (Å²) < 4.78 is 69.2. The van der Waals surface area contributed by atoms with Crippen LogP contribution in [0.4, 0.5) is 26.3 Å². The molecule has 0 aliphatic carbocycles. The number of carboxylic acid groups (broad SMARTS) is 2. The molecule has 0 unspecified atom stereocenters. The number of aromatic nitrogens is 1. The largest absolute Gasteiger partial charge is 0.490 e. The highest BCUT2D eigenvalue weighted by molar-refractivity contribution is 7.12. The number of ether oxygens (including phenoxy) is 1. The van der Waals surface area contributed by atoms with E-state index in [4.69, 9.17) is 24.5 Å². The second kappa shape index (κ2) is 13.7. The monoisotopic (exact) mass is 585 g/mol. The van der Waals surface area contributed by atoms with Gasteiger partial charge in [-0.2, -0.15) is 26.3 Å². The van der Waals surface area contributed by atoms with Crippen LogP contribution in [0.3, 0.4) is 0 Å². The van der Waals surface area contributed by atoms with Gasteiger partial charge in [-0.15, -0.1) is 11.3 Å². The number of carboxylic acids is 2. The molecule has 39 heavy (non-hydrogen) atoms. The molecule has 0 aromatic carbocycles. The Kier molecular flexibility index (Phi) is 11.2. The number of nitrogens with zero attached hydrogens (tertiary/aromatic N) is 3. The molecule has 2 aliphatic heterocycles. The van der Waals surface area contributed by atoms with Gasteiger partial charge < -0.3 is 19.8 Å². The first-order valence-corrected chi connectivity index (χ1v) is 12.1. The van der Waals surface area contributed by atoms with E-state index in [0.29, 0.717) is 5.92 Å². The van der Waals surface area contributed by atoms with E-state index in [9.17, 15) is 31.1 Å². The summed E-state index contributed by atoms with van der Waals surface area (Å²) in [7, 11) is 1.80. The van der Waals surface area contributed by atoms with Gasteiger partial charge in [0.15, 0.2) is 0 Å². The molecule has 4 heterocycles. The van der Waals surface area contributed by atoms with Gasteiger partial charge in [0.1, 0.15) is 0 Å². The summed E-state index contributed by atoms with van der Waals surface area (Å²) in [4.78, 5) is 40.2. The number of rotatable bonds is 4. The quantitative estimate of drug-likeness (QED) is 0.521. The van der Waals surface area contributed by atoms with Crippen molar-refractivity contribution in [1.29, 1.82) is 0 Å². The number of carbonyl (C=O) groups excluding carboxylic acids is 1. The lowest BCUT2D eigenvalue weighted by molar-refractivity contribution is -0.193. The molecule has 2 fully saturated rings. The first-order valence-electron chi connectivity index (χ1n) is 11.2. The van der Waals surface area contributed by atoms with Gasteiger partial charge in [0.25, 0.3) is 5.91 Å². The molecule has 0 radical (unpaired) electrons. The number of pyridine rings is 1. The molecule has 0 bridgehead atoms. The van der Waals surface area contributed by atoms with Crippen molar-refractivity contribution in [2.45, 2.75) is 37.5 Å². The van der Waals surface area contributed by atoms with Crippen LogP contribution in [-0.2, 0) is 20.9 Å². The van der Waals surface area contributed by atoms with Crippen molar-refractivity contribution in [3.8, 4) is 0 Å². The van der Waals surface area contributed by atoms with Crippen LogP contribution in [0.25, 0.3) is 0 Å². The Morgan fingerprint density at radius 1 is 1.03 bits per heavy atom. The predicted molar refractivity (Wildman–Crippen MR) is 125 cm³/mol. The van der Waals surface area contributed by atoms with Crippen molar-refractivity contribution in [3.05, 3.63) is 52.5 Å². The third-order valence-corrected chi connectivity index (χ3v) is 6.73. The van der Waals surface area contributed by atoms with Crippen molar-refractivity contribution < 1.29 is 55.7 Å². The third-order valence-electron chi connectivity index (χ3n) is 5.88. The van der Waals surface area contributed by atoms with Gasteiger partial charge in [0.05, 0.1) is 17.0 Å². The minimum Gasteiger partial charge on any atom is -0.475 e. The Balaban J connectivity index is 0.000000317. The number of carbonyl (C=O) groups is 3. The van der Waals surface area contributed by atoms with E-state index in [0.717, 1.165) is 37.5 Å². The summed E-state index contributed by atoms with van der Waals surface area (Å²) in [5.41, 5.74) is 1.26. The maximum atomic E-state index is 12.9. The molecule has 0 spiro atoms. The number of amides is 1. The second-order valence-electron chi connectivity index (χ2n) is 8.43. The van der Waals surface area contributed by atoms with Crippen molar-refractivity contribution in [2.75, 3.05) is 26.7 Å². The van der Waals surface area contributed by atoms with Crippen LogP contribution in [0.2, 0.25) is 0 Å². The molecule has 4 rings (SSSR count). The third kappa shape index (κ3) is 9.47. The molecule has 2 aromatic heterocycles. The number of methoxy groups -OCH3 is 1. The van der Waals surface area contributed by atoms with E-state index in [-0.39, 0.29) is 18.1 Å². The van der Waals surface area contributed by atoms with Gasteiger partial charge >= 0.3 is 24.3 Å². The highest BCUT2D eigenvalue weighted by Gasteiger charge is 2.46. The number of hydrogen-bond donors (Lipinski definition) is 2. The molecule has 9 nitrogen and oxygen atoms in total. The highest BCUT2D eigenvalue weighted by atomic mass is 32.1. The minimum atomic E-state index is -5.08. The predicted octanol–water partition coefficient (Wildman–Crippen LogP) is 3.77. The number of likely N-dealkylation sites (tertiary alicyclic amines) is 2. The molecule has 216 valence electrons. The van der Waals surface area contributed by atoms with Crippen molar-refractivity contribution >= 4 is 29.2 Å². The number of aliphatic carboxylic acids is 2. The normalized spacial score (nSPS) is 21.1. The van der Waals surface area contributed by atoms with Gasteiger partial charge in [-0.25, -0.2) is 9.59 Å². The lowest BCUT2D eigenvalue weighted by atomic mass is 9.89. The molecule has 3 atom stereocenters. The molecule has 1 amide bonds. The van der Waals surface area contributed by atoms with E-state index in [1.165, 1.54) is 16.9 Å². The maximum Gasteiger partial charge on any atom is 0.490 e. The summed E-state index contributed by atoms with van der Waals surface area (Å²) in [6, 6.07) is 8.22. The van der Waals surface area contributed by atoms with Gasteiger partial charge in [-0.1, -0.05) is 6.07 Å². The standard InChI is InChI=1S/C19H23N3O2S.2C2HF3O2/c1-24-17-6-9-22(19(23)18-3-2-10-25-18)16-13-21(12-15(16)17)11-14-4-7-20-8-5-14;2*3-2(4,5)1(6)7/h2-5,7-8,10,15-17H,6,9,11-13H2,1H3;2*(H,6,7)/t15-,16+,17-;;/m0../s1. The molecular formula is C23H25F6N3O6S. The first kappa shape index (κ1) is 32.0. The lowest BCUT2D eigenvalue weighted by Gasteiger charge is -2.40. The number of thiophene rings is 1. The van der Waals surface area contributed by atoms with Crippen LogP contribution >= 0.6 is 11.3 Å². The van der Waals surface area contributed by atoms with Crippen molar-refractivity contribution in [2.24, 2.45) is 5.92 Å². The van der Waals surface area contributed by atoms with E-state index in [2.05, 4.69) is 26.9 Å². The van der Waals surface area contributed by atoms with E-state index in [1.807, 2.05) is 29.9 Å². The first-order chi connectivity index (χ1) is 18.1. The number of fused-ring (bicyclic) bond motifs is 1. The van der Waals surface area contributed by atoms with Crippen LogP contribution in [0.15, 0.2) is 42.0 Å². The SMILES string of the molecule is CO[C@H]1CCN(C(=O)c2cccs2)[C@@H]2CN(Cc3ccncc3)C[C@H]12.O=C(O)C(F)(F)F.O=C(O)C(F)(F)F. The fraction of sp³-hybridized carbons (Fsp3) is 0.478. The average molecular weight is 586 g/mol. The minimum absolute atomic E-state index is 0.172. The number of halogens is 6. The number of alkyl halides is 6. The molecular weight excluding hydrogens is 560 g/mol. The maximum absolute atomic E-state index is 12.9. The molecule has 2 N–H and O–H groups in total. The zero-order valence-corrected chi connectivity index (χ0v) is 21.2. The van der Waals surface area contributed by atoms with E-state index < -0.39 is 24.3 Å². The Hall–Kier alpha value is -3.24. The van der Waals surface area contributed by atoms with Crippen LogP contribution in [0.1, 0.15) is 21.7 Å². The molecule has 2 aromatic rings. The average Bonchev–Trinajstić information content (AvgIpc) is 3.54. The molecule has 0 saturated carbocycles. The molecule has 2 aliphatic rings. The van der Waals surface area contributed by atoms with Gasteiger partial charge in [0, 0.05) is 51.6 Å². The topological polar surface area (TPSA) is 120 Å². The summed E-state index contributed by atoms with van der Waals surface area (Å²) in [5, 5.41) is 16.2. The Morgan fingerprint density at radius 3 is 2.05 bits per heavy atom. The fourth-order valence-electron chi connectivity index (χ4n) is 4.20.